The topological polar surface area (TPSA) is 80.6 Å². The van der Waals surface area contributed by atoms with Gasteiger partial charge in [0.2, 0.25) is 5.95 Å². The molecular weight excluding hydrogens is 516 g/mol. The Labute approximate surface area is 233 Å². The van der Waals surface area contributed by atoms with Gasteiger partial charge in [0.25, 0.3) is 6.43 Å². The molecule has 0 unspecified atom stereocenters. The van der Waals surface area contributed by atoms with Crippen LogP contribution in [0.15, 0.2) is 30.3 Å². The summed E-state index contributed by atoms with van der Waals surface area (Å²) < 4.78 is 41.1. The first-order chi connectivity index (χ1) is 19.6. The van der Waals surface area contributed by atoms with Gasteiger partial charge in [-0.1, -0.05) is 19.1 Å². The lowest BCUT2D eigenvalue weighted by Crippen LogP contribution is -2.45. The molecule has 1 atom stereocenters. The van der Waals surface area contributed by atoms with Crippen LogP contribution in [0.3, 0.4) is 0 Å². The van der Waals surface area contributed by atoms with E-state index in [0.717, 1.165) is 57.9 Å². The highest BCUT2D eigenvalue weighted by Crippen LogP contribution is 2.31. The maximum absolute atomic E-state index is 14.2. The Morgan fingerprint density at radius 2 is 1.70 bits per heavy atom. The van der Waals surface area contributed by atoms with E-state index in [-0.39, 0.29) is 11.9 Å². The van der Waals surface area contributed by atoms with Crippen LogP contribution in [0.5, 0.6) is 0 Å². The van der Waals surface area contributed by atoms with E-state index in [1.807, 2.05) is 12.1 Å². The second-order valence-electron chi connectivity index (χ2n) is 11.0. The Hall–Kier alpha value is -2.89. The molecule has 0 bridgehead atoms. The first-order valence-electron chi connectivity index (χ1n) is 14.7. The SMILES string of the molecule is CC[C@@H]1COCCN1c1cc(-n2c(C(F)F)nc3ccccc32)nc(NC[C@H]2CC[C@H](N3CCOCC3)CC2)n1. The summed E-state index contributed by atoms with van der Waals surface area (Å²) in [6, 6.07) is 9.81. The molecule has 40 heavy (non-hydrogen) atoms. The van der Waals surface area contributed by atoms with Crippen LogP contribution in [0.1, 0.15) is 51.3 Å². The quantitative estimate of drug-likeness (QED) is 0.430. The van der Waals surface area contributed by atoms with Crippen LogP contribution in [0.2, 0.25) is 0 Å². The molecule has 1 N–H and O–H groups in total. The summed E-state index contributed by atoms with van der Waals surface area (Å²) in [4.78, 5) is 18.7. The molecule has 1 aromatic carbocycles. The summed E-state index contributed by atoms with van der Waals surface area (Å²) in [6.07, 6.45) is 2.81. The van der Waals surface area contributed by atoms with Gasteiger partial charge in [-0.3, -0.25) is 9.47 Å². The van der Waals surface area contributed by atoms with Crippen LogP contribution in [0, 0.1) is 5.92 Å². The molecule has 0 amide bonds. The van der Waals surface area contributed by atoms with Gasteiger partial charge in [-0.15, -0.1) is 0 Å². The minimum Gasteiger partial charge on any atom is -0.379 e. The Morgan fingerprint density at radius 3 is 2.48 bits per heavy atom. The zero-order valence-electron chi connectivity index (χ0n) is 23.1. The van der Waals surface area contributed by atoms with E-state index in [1.165, 1.54) is 17.4 Å². The van der Waals surface area contributed by atoms with Crippen LogP contribution in [-0.4, -0.2) is 89.1 Å². The van der Waals surface area contributed by atoms with Crippen molar-refractivity contribution in [2.24, 2.45) is 5.92 Å². The Morgan fingerprint density at radius 1 is 0.950 bits per heavy atom. The third-order valence-electron chi connectivity index (χ3n) is 8.63. The van der Waals surface area contributed by atoms with Gasteiger partial charge in [-0.05, 0) is 50.2 Å². The third-order valence-corrected chi connectivity index (χ3v) is 8.63. The number of anilines is 2. The summed E-state index contributed by atoms with van der Waals surface area (Å²) in [5.74, 6) is 1.78. The van der Waals surface area contributed by atoms with Crippen LogP contribution in [0.4, 0.5) is 20.5 Å². The van der Waals surface area contributed by atoms with Crippen molar-refractivity contribution in [1.82, 2.24) is 24.4 Å². The zero-order valence-corrected chi connectivity index (χ0v) is 23.1. The Balaban J connectivity index is 1.27. The highest BCUT2D eigenvalue weighted by Gasteiger charge is 2.29. The van der Waals surface area contributed by atoms with E-state index in [0.29, 0.717) is 54.5 Å². The summed E-state index contributed by atoms with van der Waals surface area (Å²) >= 11 is 0. The standard InChI is InChI=1S/C29H39F2N7O2/c1-2-21-19-40-16-13-37(21)25-17-26(38-24-6-4-3-5-23(24)33-28(38)27(30)31)35-29(34-25)32-18-20-7-9-22(10-8-20)36-11-14-39-15-12-36/h3-6,17,20-22,27H,2,7-16,18-19H2,1H3,(H,32,34,35)/t20-,21-,22-/m1/s1. The lowest BCUT2D eigenvalue weighted by molar-refractivity contribution is 0.00539. The number of halogens is 2. The molecule has 4 heterocycles. The average molecular weight is 556 g/mol. The molecule has 1 saturated carbocycles. The summed E-state index contributed by atoms with van der Waals surface area (Å²) in [7, 11) is 0. The Kier molecular flexibility index (Phi) is 8.40. The van der Waals surface area contributed by atoms with Crippen molar-refractivity contribution in [2.75, 3.05) is 62.8 Å². The van der Waals surface area contributed by atoms with Crippen LogP contribution in [0.25, 0.3) is 16.9 Å². The average Bonchev–Trinajstić information content (AvgIpc) is 3.41. The fraction of sp³-hybridized carbons (Fsp3) is 0.621. The second kappa shape index (κ2) is 12.3. The van der Waals surface area contributed by atoms with Crippen LogP contribution >= 0.6 is 0 Å². The second-order valence-corrected chi connectivity index (χ2v) is 11.0. The number of nitrogens with one attached hydrogen (secondary N) is 1. The number of hydrogen-bond donors (Lipinski definition) is 1. The predicted molar refractivity (Wildman–Crippen MR) is 150 cm³/mol. The van der Waals surface area contributed by atoms with Gasteiger partial charge in [-0.2, -0.15) is 9.97 Å². The molecule has 3 aromatic rings. The molecule has 216 valence electrons. The van der Waals surface area contributed by atoms with E-state index < -0.39 is 6.43 Å². The smallest absolute Gasteiger partial charge is 0.296 e. The Bertz CT molecular complexity index is 1270. The molecule has 3 aliphatic rings. The summed E-state index contributed by atoms with van der Waals surface area (Å²) in [5.41, 5.74) is 1.12. The first kappa shape index (κ1) is 27.3. The van der Waals surface area contributed by atoms with Crippen LogP contribution < -0.4 is 10.2 Å². The van der Waals surface area contributed by atoms with Crippen molar-refractivity contribution < 1.29 is 18.3 Å². The van der Waals surface area contributed by atoms with Gasteiger partial charge in [0.15, 0.2) is 5.82 Å². The number of hydrogen-bond acceptors (Lipinski definition) is 8. The highest BCUT2D eigenvalue weighted by molar-refractivity contribution is 5.78. The predicted octanol–water partition coefficient (Wildman–Crippen LogP) is 4.67. The maximum Gasteiger partial charge on any atom is 0.296 e. The van der Waals surface area contributed by atoms with Crippen molar-refractivity contribution in [3.05, 3.63) is 36.2 Å². The largest absolute Gasteiger partial charge is 0.379 e. The number of nitrogens with zero attached hydrogens (tertiary/aromatic N) is 6. The van der Waals surface area contributed by atoms with Crippen molar-refractivity contribution in [2.45, 2.75) is 57.5 Å². The summed E-state index contributed by atoms with van der Waals surface area (Å²) in [6.45, 7) is 8.50. The molecule has 9 nitrogen and oxygen atoms in total. The molecule has 0 spiro atoms. The van der Waals surface area contributed by atoms with Gasteiger partial charge in [0.05, 0.1) is 43.5 Å². The number of para-hydroxylation sites is 2. The number of alkyl halides is 2. The van der Waals surface area contributed by atoms with Gasteiger partial charge in [-0.25, -0.2) is 13.8 Å². The van der Waals surface area contributed by atoms with Gasteiger partial charge < -0.3 is 19.7 Å². The molecule has 6 rings (SSSR count). The number of fused-ring (bicyclic) bond motifs is 1. The minimum absolute atomic E-state index is 0.161. The van der Waals surface area contributed by atoms with Crippen LogP contribution in [-0.2, 0) is 9.47 Å². The van der Waals surface area contributed by atoms with Gasteiger partial charge >= 0.3 is 0 Å². The summed E-state index contributed by atoms with van der Waals surface area (Å²) in [5, 5.41) is 3.49. The number of rotatable bonds is 8. The van der Waals surface area contributed by atoms with Crippen molar-refractivity contribution >= 4 is 22.8 Å². The lowest BCUT2D eigenvalue weighted by atomic mass is 9.85. The highest BCUT2D eigenvalue weighted by atomic mass is 19.3. The van der Waals surface area contributed by atoms with E-state index >= 15 is 0 Å². The lowest BCUT2D eigenvalue weighted by Gasteiger charge is -2.38. The van der Waals surface area contributed by atoms with Gasteiger partial charge in [0, 0.05) is 38.3 Å². The fourth-order valence-electron chi connectivity index (χ4n) is 6.38. The number of ether oxygens (including phenoxy) is 2. The van der Waals surface area contributed by atoms with Crippen molar-refractivity contribution in [1.29, 1.82) is 0 Å². The molecule has 2 saturated heterocycles. The van der Waals surface area contributed by atoms with Gasteiger partial charge in [0.1, 0.15) is 11.6 Å². The third kappa shape index (κ3) is 5.77. The van der Waals surface area contributed by atoms with E-state index in [9.17, 15) is 8.78 Å². The number of imidazole rings is 1. The molecule has 1 aliphatic carbocycles. The van der Waals surface area contributed by atoms with E-state index in [4.69, 9.17) is 19.4 Å². The number of aromatic nitrogens is 4. The van der Waals surface area contributed by atoms with Crippen molar-refractivity contribution in [3.63, 3.8) is 0 Å². The first-order valence-corrected chi connectivity index (χ1v) is 14.7. The maximum atomic E-state index is 14.2. The number of morpholine rings is 2. The monoisotopic (exact) mass is 555 g/mol. The molecule has 2 aromatic heterocycles. The number of benzene rings is 1. The normalized spacial score (nSPS) is 24.6. The minimum atomic E-state index is -2.74. The fourth-order valence-corrected chi connectivity index (χ4v) is 6.38. The molecule has 2 aliphatic heterocycles. The molecule has 3 fully saturated rings. The molecule has 11 heteroatoms. The van der Waals surface area contributed by atoms with Crippen molar-refractivity contribution in [3.8, 4) is 5.82 Å². The van der Waals surface area contributed by atoms with E-state index in [1.54, 1.807) is 18.2 Å². The zero-order chi connectivity index (χ0) is 27.5. The molecular formula is C29H39F2N7O2. The molecule has 0 radical (unpaired) electrons. The van der Waals surface area contributed by atoms with E-state index in [2.05, 4.69) is 27.0 Å².